The summed E-state index contributed by atoms with van der Waals surface area (Å²) >= 11 is 1.46. The van der Waals surface area contributed by atoms with Crippen LogP contribution in [0.1, 0.15) is 21.5 Å². The summed E-state index contributed by atoms with van der Waals surface area (Å²) in [5.41, 5.74) is 3.89. The van der Waals surface area contributed by atoms with Crippen LogP contribution in [-0.4, -0.2) is 54.1 Å². The average molecular weight is 477 g/mol. The summed E-state index contributed by atoms with van der Waals surface area (Å²) < 4.78 is 3.20. The van der Waals surface area contributed by atoms with E-state index in [1.165, 1.54) is 11.8 Å². The number of hydrogen-bond acceptors (Lipinski definition) is 7. The molecule has 2 amide bonds. The minimum Gasteiger partial charge on any atom is -0.351 e. The van der Waals surface area contributed by atoms with Gasteiger partial charge >= 0.3 is 0 Å². The number of rotatable bonds is 9. The van der Waals surface area contributed by atoms with Gasteiger partial charge < -0.3 is 10.6 Å². The first kappa shape index (κ1) is 23.2. The maximum atomic E-state index is 12.6. The van der Waals surface area contributed by atoms with E-state index >= 15 is 0 Å². The molecule has 0 bridgehead atoms. The summed E-state index contributed by atoms with van der Waals surface area (Å²) in [5, 5.41) is 22.0. The van der Waals surface area contributed by atoms with E-state index in [-0.39, 0.29) is 18.2 Å². The van der Waals surface area contributed by atoms with Gasteiger partial charge in [0.1, 0.15) is 0 Å². The molecule has 2 aromatic heterocycles. The largest absolute Gasteiger partial charge is 0.351 e. The molecule has 2 N–H and O–H groups in total. The van der Waals surface area contributed by atoms with E-state index in [4.69, 9.17) is 0 Å². The number of aryl methyl sites for hydroxylation is 2. The fourth-order valence-corrected chi connectivity index (χ4v) is 3.99. The Morgan fingerprint density at radius 3 is 2.76 bits per heavy atom. The molecule has 0 saturated carbocycles. The second-order valence-corrected chi connectivity index (χ2v) is 8.69. The highest BCUT2D eigenvalue weighted by Gasteiger charge is 2.10. The number of carbonyl (C=O) groups excluding carboxylic acids is 2. The van der Waals surface area contributed by atoms with Crippen molar-refractivity contribution < 1.29 is 9.59 Å². The van der Waals surface area contributed by atoms with Crippen molar-refractivity contribution in [1.82, 2.24) is 35.3 Å². The molecule has 0 fully saturated rings. The molecular formula is C23H24N8O2S. The maximum Gasteiger partial charge on any atom is 0.251 e. The molecule has 11 heteroatoms. The quantitative estimate of drug-likeness (QED) is 0.281. The van der Waals surface area contributed by atoms with Crippen LogP contribution in [0.25, 0.3) is 5.69 Å². The first-order valence-corrected chi connectivity index (χ1v) is 11.6. The van der Waals surface area contributed by atoms with Crippen molar-refractivity contribution >= 4 is 29.3 Å². The summed E-state index contributed by atoms with van der Waals surface area (Å²) in [6.45, 7) is 2.47. The molecule has 0 spiro atoms. The predicted molar refractivity (Wildman–Crippen MR) is 129 cm³/mol. The highest BCUT2D eigenvalue weighted by atomic mass is 32.2. The number of carbonyl (C=O) groups is 2. The van der Waals surface area contributed by atoms with E-state index in [1.807, 2.05) is 37.3 Å². The van der Waals surface area contributed by atoms with Crippen LogP contribution < -0.4 is 10.6 Å². The second-order valence-electron chi connectivity index (χ2n) is 7.63. The van der Waals surface area contributed by atoms with E-state index in [2.05, 4.69) is 31.3 Å². The zero-order chi connectivity index (χ0) is 23.9. The van der Waals surface area contributed by atoms with Gasteiger partial charge in [-0.2, -0.15) is 5.10 Å². The molecule has 174 valence electrons. The molecule has 0 saturated heterocycles. The number of amides is 2. The van der Waals surface area contributed by atoms with Crippen LogP contribution >= 0.6 is 11.8 Å². The zero-order valence-corrected chi connectivity index (χ0v) is 19.6. The number of thioether (sulfide) groups is 1. The second kappa shape index (κ2) is 10.8. The molecule has 2 heterocycles. The Kier molecular flexibility index (Phi) is 7.33. The molecule has 0 atom stereocenters. The third kappa shape index (κ3) is 6.07. The first-order valence-electron chi connectivity index (χ1n) is 10.6. The summed E-state index contributed by atoms with van der Waals surface area (Å²) in [4.78, 5) is 24.9. The van der Waals surface area contributed by atoms with Crippen LogP contribution in [0.3, 0.4) is 0 Å². The number of anilines is 1. The van der Waals surface area contributed by atoms with Crippen LogP contribution in [0.5, 0.6) is 0 Å². The van der Waals surface area contributed by atoms with Gasteiger partial charge in [0.2, 0.25) is 11.1 Å². The number of tetrazole rings is 1. The fraction of sp³-hybridized carbons (Fsp3) is 0.217. The highest BCUT2D eigenvalue weighted by Crippen LogP contribution is 2.15. The molecule has 34 heavy (non-hydrogen) atoms. The van der Waals surface area contributed by atoms with Crippen molar-refractivity contribution in [2.45, 2.75) is 18.5 Å². The van der Waals surface area contributed by atoms with E-state index < -0.39 is 0 Å². The SMILES string of the molecule is Cc1cccc(CC(=O)Nc2cnn(-c3cccc(C(=O)NCCSc4nnnn4C)c3)c2)c1. The number of aromatic nitrogens is 6. The third-order valence-corrected chi connectivity index (χ3v) is 5.90. The lowest BCUT2D eigenvalue weighted by Gasteiger charge is -2.07. The van der Waals surface area contributed by atoms with Gasteiger partial charge in [-0.05, 0) is 41.1 Å². The lowest BCUT2D eigenvalue weighted by atomic mass is 10.1. The Morgan fingerprint density at radius 1 is 1.12 bits per heavy atom. The molecule has 0 unspecified atom stereocenters. The molecule has 4 aromatic rings. The third-order valence-electron chi connectivity index (χ3n) is 4.89. The Balaban J connectivity index is 1.32. The fourth-order valence-electron chi connectivity index (χ4n) is 3.28. The Morgan fingerprint density at radius 2 is 1.97 bits per heavy atom. The van der Waals surface area contributed by atoms with Gasteiger partial charge in [-0.1, -0.05) is 47.7 Å². The Bertz CT molecular complexity index is 1300. The maximum absolute atomic E-state index is 12.6. The standard InChI is InChI=1S/C23H24N8O2S/c1-16-5-3-6-17(11-16)12-21(32)26-19-14-25-31(15-19)20-8-4-7-18(13-20)22(33)24-9-10-34-23-27-28-29-30(23)2/h3-8,11,13-15H,9-10,12H2,1-2H3,(H,24,33)(H,26,32). The van der Waals surface area contributed by atoms with E-state index in [0.29, 0.717) is 34.4 Å². The normalized spacial score (nSPS) is 10.8. The first-order chi connectivity index (χ1) is 16.5. The van der Waals surface area contributed by atoms with Crippen molar-refractivity contribution in [1.29, 1.82) is 0 Å². The molecule has 0 aliphatic rings. The Hall–Kier alpha value is -3.99. The number of nitrogens with one attached hydrogen (secondary N) is 2. The topological polar surface area (TPSA) is 120 Å². The van der Waals surface area contributed by atoms with E-state index in [0.717, 1.165) is 11.1 Å². The summed E-state index contributed by atoms with van der Waals surface area (Å²) in [6.07, 6.45) is 3.59. The average Bonchev–Trinajstić information content (AvgIpc) is 3.45. The van der Waals surface area contributed by atoms with Gasteiger partial charge in [0.15, 0.2) is 0 Å². The van der Waals surface area contributed by atoms with Crippen molar-refractivity contribution in [3.05, 3.63) is 77.6 Å². The van der Waals surface area contributed by atoms with Crippen molar-refractivity contribution in [2.24, 2.45) is 7.05 Å². The summed E-state index contributed by atoms with van der Waals surface area (Å²) in [6, 6.07) is 15.0. The van der Waals surface area contributed by atoms with Crippen molar-refractivity contribution in [2.75, 3.05) is 17.6 Å². The van der Waals surface area contributed by atoms with Gasteiger partial charge in [-0.15, -0.1) is 5.10 Å². The van der Waals surface area contributed by atoms with Gasteiger partial charge in [0, 0.05) is 24.9 Å². The van der Waals surface area contributed by atoms with Crippen LogP contribution in [0, 0.1) is 6.92 Å². The van der Waals surface area contributed by atoms with Gasteiger partial charge in [-0.25, -0.2) is 9.36 Å². The van der Waals surface area contributed by atoms with Crippen LogP contribution in [0.4, 0.5) is 5.69 Å². The molecule has 4 rings (SSSR count). The van der Waals surface area contributed by atoms with E-state index in [1.54, 1.807) is 47.0 Å². The van der Waals surface area contributed by atoms with Crippen LogP contribution in [-0.2, 0) is 18.3 Å². The Labute approximate surface area is 200 Å². The molecule has 0 aliphatic carbocycles. The van der Waals surface area contributed by atoms with Gasteiger partial charge in [0.25, 0.3) is 5.91 Å². The van der Waals surface area contributed by atoms with Crippen molar-refractivity contribution in [3.8, 4) is 5.69 Å². The zero-order valence-electron chi connectivity index (χ0n) is 18.8. The molecule has 2 aromatic carbocycles. The number of nitrogens with zero attached hydrogens (tertiary/aromatic N) is 6. The lowest BCUT2D eigenvalue weighted by molar-refractivity contribution is -0.115. The molecule has 0 radical (unpaired) electrons. The minimum atomic E-state index is -0.183. The highest BCUT2D eigenvalue weighted by molar-refractivity contribution is 7.99. The summed E-state index contributed by atoms with van der Waals surface area (Å²) in [5.74, 6) is 0.343. The van der Waals surface area contributed by atoms with Crippen LogP contribution in [0.2, 0.25) is 0 Å². The minimum absolute atomic E-state index is 0.117. The van der Waals surface area contributed by atoms with Gasteiger partial charge in [0.05, 0.1) is 30.2 Å². The predicted octanol–water partition coefficient (Wildman–Crippen LogP) is 2.41. The molecule has 0 aliphatic heterocycles. The molecular weight excluding hydrogens is 452 g/mol. The van der Waals surface area contributed by atoms with Crippen LogP contribution in [0.15, 0.2) is 66.1 Å². The smallest absolute Gasteiger partial charge is 0.251 e. The lowest BCUT2D eigenvalue weighted by Crippen LogP contribution is -2.25. The van der Waals surface area contributed by atoms with Crippen molar-refractivity contribution in [3.63, 3.8) is 0 Å². The number of hydrogen-bond donors (Lipinski definition) is 2. The molecule has 10 nitrogen and oxygen atoms in total. The number of benzene rings is 2. The van der Waals surface area contributed by atoms with Gasteiger partial charge in [-0.3, -0.25) is 9.59 Å². The monoisotopic (exact) mass is 476 g/mol. The van der Waals surface area contributed by atoms with E-state index in [9.17, 15) is 9.59 Å². The summed E-state index contributed by atoms with van der Waals surface area (Å²) in [7, 11) is 1.77.